The summed E-state index contributed by atoms with van der Waals surface area (Å²) in [6.45, 7) is 2.46. The van der Waals surface area contributed by atoms with E-state index in [1.807, 2.05) is 6.26 Å². The SMILES string of the molecule is CSC[C@H](C)NC(=O)c1c(Cl)cccc1C(=O)Nc1ccc(Cn2nc(C(F)(F)F)nc2C(F)(F)F)nc1C. The third kappa shape index (κ3) is 7.41. The molecule has 0 spiro atoms. The molecule has 8 nitrogen and oxygen atoms in total. The summed E-state index contributed by atoms with van der Waals surface area (Å²) in [5.41, 5.74) is 0.152. The Labute approximate surface area is 227 Å². The summed E-state index contributed by atoms with van der Waals surface area (Å²) in [7, 11) is 0. The van der Waals surface area contributed by atoms with Crippen LogP contribution in [-0.4, -0.2) is 49.6 Å². The number of anilines is 1. The molecule has 16 heteroatoms. The van der Waals surface area contributed by atoms with E-state index in [0.29, 0.717) is 5.75 Å². The fraction of sp³-hybridized carbons (Fsp3) is 0.348. The highest BCUT2D eigenvalue weighted by Gasteiger charge is 2.44. The fourth-order valence-corrected chi connectivity index (χ4v) is 4.33. The van der Waals surface area contributed by atoms with Gasteiger partial charge in [0.2, 0.25) is 5.82 Å². The Hall–Kier alpha value is -3.33. The van der Waals surface area contributed by atoms with Gasteiger partial charge in [-0.3, -0.25) is 14.6 Å². The highest BCUT2D eigenvalue weighted by Crippen LogP contribution is 2.33. The van der Waals surface area contributed by atoms with Crippen LogP contribution in [0.25, 0.3) is 0 Å². The van der Waals surface area contributed by atoms with Crippen molar-refractivity contribution in [2.45, 2.75) is 38.8 Å². The Morgan fingerprint density at radius 3 is 2.33 bits per heavy atom. The van der Waals surface area contributed by atoms with Crippen LogP contribution in [0.2, 0.25) is 5.02 Å². The van der Waals surface area contributed by atoms with Gasteiger partial charge in [-0.05, 0) is 44.4 Å². The number of aromatic nitrogens is 4. The first-order chi connectivity index (χ1) is 18.1. The van der Waals surface area contributed by atoms with E-state index in [1.54, 1.807) is 6.92 Å². The largest absolute Gasteiger partial charge is 0.453 e. The molecule has 3 aromatic rings. The van der Waals surface area contributed by atoms with Crippen molar-refractivity contribution < 1.29 is 35.9 Å². The van der Waals surface area contributed by atoms with Gasteiger partial charge in [0, 0.05) is 11.8 Å². The lowest BCUT2D eigenvalue weighted by molar-refractivity contribution is -0.150. The predicted octanol–water partition coefficient (Wildman–Crippen LogP) is 5.45. The number of nitrogens with one attached hydrogen (secondary N) is 2. The van der Waals surface area contributed by atoms with Crippen LogP contribution in [0.5, 0.6) is 0 Å². The van der Waals surface area contributed by atoms with Crippen LogP contribution >= 0.6 is 23.4 Å². The van der Waals surface area contributed by atoms with E-state index >= 15 is 0 Å². The van der Waals surface area contributed by atoms with Crippen molar-refractivity contribution in [3.63, 3.8) is 0 Å². The van der Waals surface area contributed by atoms with Crippen molar-refractivity contribution in [1.82, 2.24) is 25.1 Å². The molecule has 0 aliphatic rings. The molecule has 1 aromatic carbocycles. The number of rotatable bonds is 8. The minimum atomic E-state index is -5.19. The number of carbonyl (C=O) groups is 2. The van der Waals surface area contributed by atoms with Crippen molar-refractivity contribution in [2.75, 3.05) is 17.3 Å². The molecule has 3 rings (SSSR count). The number of carbonyl (C=O) groups excluding carboxylic acids is 2. The predicted molar refractivity (Wildman–Crippen MR) is 133 cm³/mol. The first-order valence-electron chi connectivity index (χ1n) is 11.1. The zero-order valence-electron chi connectivity index (χ0n) is 20.5. The number of benzene rings is 1. The molecule has 2 aromatic heterocycles. The molecule has 0 unspecified atom stereocenters. The van der Waals surface area contributed by atoms with Crippen molar-refractivity contribution in [3.05, 3.63) is 69.5 Å². The van der Waals surface area contributed by atoms with Gasteiger partial charge < -0.3 is 10.6 Å². The van der Waals surface area contributed by atoms with Crippen molar-refractivity contribution in [2.24, 2.45) is 0 Å². The van der Waals surface area contributed by atoms with Crippen LogP contribution in [0.15, 0.2) is 30.3 Å². The normalized spacial score (nSPS) is 12.8. The number of nitrogens with zero attached hydrogens (tertiary/aromatic N) is 4. The summed E-state index contributed by atoms with van der Waals surface area (Å²) in [4.78, 5) is 32.5. The average Bonchev–Trinajstić information content (AvgIpc) is 3.25. The number of hydrogen-bond donors (Lipinski definition) is 2. The summed E-state index contributed by atoms with van der Waals surface area (Å²) in [6, 6.07) is 6.67. The minimum absolute atomic E-state index is 0.0306. The van der Waals surface area contributed by atoms with E-state index in [9.17, 15) is 35.9 Å². The number of amides is 2. The van der Waals surface area contributed by atoms with Crippen LogP contribution in [0.3, 0.4) is 0 Å². The third-order valence-electron chi connectivity index (χ3n) is 5.16. The van der Waals surface area contributed by atoms with Crippen molar-refractivity contribution in [1.29, 1.82) is 0 Å². The highest BCUT2D eigenvalue weighted by atomic mass is 35.5. The molecule has 1 atom stereocenters. The molecule has 0 aliphatic heterocycles. The van der Waals surface area contributed by atoms with E-state index in [2.05, 4.69) is 25.7 Å². The molecule has 0 saturated heterocycles. The highest BCUT2D eigenvalue weighted by molar-refractivity contribution is 7.98. The van der Waals surface area contributed by atoms with Gasteiger partial charge in [-0.15, -0.1) is 5.10 Å². The Morgan fingerprint density at radius 1 is 1.05 bits per heavy atom. The number of hydrogen-bond acceptors (Lipinski definition) is 6. The van der Waals surface area contributed by atoms with Gasteiger partial charge in [-0.25, -0.2) is 4.68 Å². The molecule has 2 amide bonds. The van der Waals surface area contributed by atoms with E-state index in [1.165, 1.54) is 49.0 Å². The average molecular weight is 595 g/mol. The molecule has 0 radical (unpaired) electrons. The molecular weight excluding hydrogens is 574 g/mol. The number of halogens is 7. The Morgan fingerprint density at radius 2 is 1.74 bits per heavy atom. The molecule has 0 aliphatic carbocycles. The Kier molecular flexibility index (Phi) is 9.16. The standard InChI is InChI=1S/C23H21ClF6N6O2S/c1-11(10-39-3)31-19(38)17-14(5-4-6-15(17)24)18(37)33-16-8-7-13(32-12(16)2)9-36-21(23(28,29)30)34-20(35-36)22(25,26)27/h4-8,11H,9-10H2,1-3H3,(H,31,38)(H,33,37)/t11-/m0/s1. The maximum atomic E-state index is 13.2. The molecule has 39 heavy (non-hydrogen) atoms. The number of pyridine rings is 1. The monoisotopic (exact) mass is 594 g/mol. The van der Waals surface area contributed by atoms with Crippen LogP contribution in [0.4, 0.5) is 32.0 Å². The van der Waals surface area contributed by atoms with Crippen molar-refractivity contribution >= 4 is 40.9 Å². The fourth-order valence-electron chi connectivity index (χ4n) is 3.49. The second kappa shape index (κ2) is 11.8. The van der Waals surface area contributed by atoms with Gasteiger partial charge in [0.15, 0.2) is 0 Å². The van der Waals surface area contributed by atoms with Gasteiger partial charge in [-0.2, -0.15) is 43.1 Å². The van der Waals surface area contributed by atoms with Crippen LogP contribution in [-0.2, 0) is 18.9 Å². The van der Waals surface area contributed by atoms with Gasteiger partial charge in [-0.1, -0.05) is 17.7 Å². The van der Waals surface area contributed by atoms with E-state index in [-0.39, 0.29) is 43.9 Å². The summed E-state index contributed by atoms with van der Waals surface area (Å²) in [5, 5.41) is 8.33. The maximum Gasteiger partial charge on any atom is 0.453 e. The lowest BCUT2D eigenvalue weighted by atomic mass is 10.1. The Balaban J connectivity index is 1.84. The molecule has 0 saturated carbocycles. The zero-order chi connectivity index (χ0) is 29.1. The van der Waals surface area contributed by atoms with Crippen LogP contribution < -0.4 is 10.6 Å². The molecule has 2 heterocycles. The first kappa shape index (κ1) is 30.2. The van der Waals surface area contributed by atoms with Gasteiger partial charge in [0.05, 0.1) is 39.8 Å². The number of aryl methyl sites for hydroxylation is 1. The van der Waals surface area contributed by atoms with Gasteiger partial charge in [0.25, 0.3) is 17.6 Å². The van der Waals surface area contributed by atoms with Gasteiger partial charge in [0.1, 0.15) is 0 Å². The summed E-state index contributed by atoms with van der Waals surface area (Å²) < 4.78 is 78.4. The van der Waals surface area contributed by atoms with Crippen LogP contribution in [0.1, 0.15) is 50.7 Å². The topological polar surface area (TPSA) is 102 Å². The van der Waals surface area contributed by atoms with Crippen LogP contribution in [0, 0.1) is 6.92 Å². The number of alkyl halides is 6. The summed E-state index contributed by atoms with van der Waals surface area (Å²) in [6.07, 6.45) is -8.49. The second-order valence-corrected chi connectivity index (χ2v) is 9.61. The number of thioether (sulfide) groups is 1. The first-order valence-corrected chi connectivity index (χ1v) is 12.8. The van der Waals surface area contributed by atoms with E-state index in [4.69, 9.17) is 11.6 Å². The van der Waals surface area contributed by atoms with Crippen molar-refractivity contribution in [3.8, 4) is 0 Å². The summed E-state index contributed by atoms with van der Waals surface area (Å²) >= 11 is 7.74. The molecule has 2 N–H and O–H groups in total. The Bertz CT molecular complexity index is 1380. The maximum absolute atomic E-state index is 13.2. The smallest absolute Gasteiger partial charge is 0.349 e. The molecule has 0 fully saturated rings. The second-order valence-electron chi connectivity index (χ2n) is 8.29. The van der Waals surface area contributed by atoms with E-state index < -0.39 is 42.4 Å². The quantitative estimate of drug-likeness (QED) is 0.336. The lowest BCUT2D eigenvalue weighted by Crippen LogP contribution is -2.35. The molecular formula is C23H21ClF6N6O2S. The molecule has 0 bridgehead atoms. The molecule has 210 valence electrons. The minimum Gasteiger partial charge on any atom is -0.349 e. The zero-order valence-corrected chi connectivity index (χ0v) is 22.1. The van der Waals surface area contributed by atoms with Gasteiger partial charge >= 0.3 is 12.4 Å². The summed E-state index contributed by atoms with van der Waals surface area (Å²) in [5.74, 6) is -4.39. The lowest BCUT2D eigenvalue weighted by Gasteiger charge is -2.16. The third-order valence-corrected chi connectivity index (χ3v) is 6.31. The van der Waals surface area contributed by atoms with E-state index in [0.717, 1.165) is 0 Å².